The fraction of sp³-hybridized carbons (Fsp3) is 0.412. The number of nitrogens with zero attached hydrogens (tertiary/aromatic N) is 2. The summed E-state index contributed by atoms with van der Waals surface area (Å²) in [6.45, 7) is 14.0. The van der Waals surface area contributed by atoms with Crippen molar-refractivity contribution < 1.29 is 0 Å². The highest BCUT2D eigenvalue weighted by molar-refractivity contribution is 9.10. The average molecular weight is 339 g/mol. The smallest absolute Gasteiger partial charge is 0.106 e. The lowest BCUT2D eigenvalue weighted by Crippen LogP contribution is -1.78. The third-order valence-electron chi connectivity index (χ3n) is 1.91. The largest absolute Gasteiger partial charge is 0.262 e. The Labute approximate surface area is 132 Å². The highest BCUT2D eigenvalue weighted by atomic mass is 79.9. The zero-order valence-electron chi connectivity index (χ0n) is 13.7. The van der Waals surface area contributed by atoms with E-state index in [4.69, 9.17) is 0 Å². The minimum Gasteiger partial charge on any atom is -0.262 e. The van der Waals surface area contributed by atoms with Gasteiger partial charge in [-0.1, -0.05) is 33.8 Å². The van der Waals surface area contributed by atoms with Crippen molar-refractivity contribution >= 4 is 15.9 Å². The maximum Gasteiger partial charge on any atom is 0.106 e. The van der Waals surface area contributed by atoms with E-state index in [0.29, 0.717) is 0 Å². The molecule has 0 saturated carbocycles. The zero-order chi connectivity index (χ0) is 16.0. The van der Waals surface area contributed by atoms with Crippen LogP contribution in [-0.2, 0) is 0 Å². The van der Waals surface area contributed by atoms with Gasteiger partial charge < -0.3 is 0 Å². The second-order valence-electron chi connectivity index (χ2n) is 3.58. The summed E-state index contributed by atoms with van der Waals surface area (Å²) in [5, 5.41) is 0. The molecule has 0 fully saturated rings. The number of hydrogen-bond donors (Lipinski definition) is 0. The molecule has 2 aromatic rings. The fourth-order valence-corrected chi connectivity index (χ4v) is 1.63. The molecule has 0 atom stereocenters. The van der Waals surface area contributed by atoms with Gasteiger partial charge >= 0.3 is 0 Å². The molecule has 2 aromatic heterocycles. The molecule has 0 unspecified atom stereocenters. The summed E-state index contributed by atoms with van der Waals surface area (Å²) in [5.74, 6) is 0. The minimum absolute atomic E-state index is 0.900. The predicted molar refractivity (Wildman–Crippen MR) is 93.1 cm³/mol. The van der Waals surface area contributed by atoms with Crippen molar-refractivity contribution in [3.8, 4) is 0 Å². The molecular weight excluding hydrogens is 312 g/mol. The molecule has 0 radical (unpaired) electrons. The van der Waals surface area contributed by atoms with E-state index in [1.807, 2.05) is 72.0 Å². The Morgan fingerprint density at radius 2 is 1.45 bits per heavy atom. The van der Waals surface area contributed by atoms with Gasteiger partial charge in [0, 0.05) is 17.6 Å². The van der Waals surface area contributed by atoms with Crippen molar-refractivity contribution in [1.82, 2.24) is 9.97 Å². The molecule has 0 aliphatic carbocycles. The van der Waals surface area contributed by atoms with Gasteiger partial charge in [-0.05, 0) is 66.5 Å². The Kier molecular flexibility index (Phi) is 15.0. The van der Waals surface area contributed by atoms with Crippen LogP contribution < -0.4 is 0 Å². The van der Waals surface area contributed by atoms with Crippen molar-refractivity contribution in [2.45, 2.75) is 48.5 Å². The molecule has 0 spiro atoms. The van der Waals surface area contributed by atoms with Gasteiger partial charge in [-0.3, -0.25) is 4.98 Å². The lowest BCUT2D eigenvalue weighted by molar-refractivity contribution is 1.17. The maximum absolute atomic E-state index is 4.09. The summed E-state index contributed by atoms with van der Waals surface area (Å²) >= 11 is 3.25. The fourth-order valence-electron chi connectivity index (χ4n) is 1.20. The number of halogens is 1. The summed E-state index contributed by atoms with van der Waals surface area (Å²) < 4.78 is 0.900. The van der Waals surface area contributed by atoms with E-state index in [0.717, 1.165) is 16.0 Å². The van der Waals surface area contributed by atoms with Gasteiger partial charge in [-0.15, -0.1) is 0 Å². The first kappa shape index (κ1) is 21.1. The third kappa shape index (κ3) is 11.8. The van der Waals surface area contributed by atoms with E-state index in [9.17, 15) is 0 Å². The summed E-state index contributed by atoms with van der Waals surface area (Å²) in [6.07, 6.45) is 1.82. The van der Waals surface area contributed by atoms with Crippen molar-refractivity contribution in [3.05, 3.63) is 58.1 Å². The average Bonchev–Trinajstić information content (AvgIpc) is 2.43. The van der Waals surface area contributed by atoms with Crippen molar-refractivity contribution in [1.29, 1.82) is 0 Å². The molecule has 0 saturated heterocycles. The topological polar surface area (TPSA) is 25.8 Å². The number of aromatic nitrogens is 2. The standard InChI is InChI=1S/C7H9N.C6H6BrN.2C2H6/c1-6-3-4-8-7(2)5-6;1-5-3-2-4-6(7)8-5;2*1-2/h3-5H,1-2H3;2-4H,1H3;2*1-2H3. The maximum atomic E-state index is 4.09. The first-order valence-corrected chi connectivity index (χ1v) is 7.85. The van der Waals surface area contributed by atoms with Crippen LogP contribution in [0.15, 0.2) is 41.1 Å². The second-order valence-corrected chi connectivity index (χ2v) is 4.39. The molecule has 2 heterocycles. The van der Waals surface area contributed by atoms with Crippen LogP contribution >= 0.6 is 15.9 Å². The first-order chi connectivity index (χ1) is 9.58. The molecule has 0 bridgehead atoms. The molecule has 2 rings (SSSR count). The van der Waals surface area contributed by atoms with Gasteiger partial charge in [0.1, 0.15) is 4.60 Å². The molecule has 0 N–H and O–H groups in total. The predicted octanol–water partition coefficient (Wildman–Crippen LogP) is 5.90. The Morgan fingerprint density at radius 1 is 0.850 bits per heavy atom. The Hall–Kier alpha value is -1.22. The van der Waals surface area contributed by atoms with Crippen LogP contribution in [0, 0.1) is 20.8 Å². The van der Waals surface area contributed by atoms with Crippen molar-refractivity contribution in [2.24, 2.45) is 0 Å². The van der Waals surface area contributed by atoms with Crippen LogP contribution in [0.2, 0.25) is 0 Å². The van der Waals surface area contributed by atoms with Crippen molar-refractivity contribution in [3.63, 3.8) is 0 Å². The van der Waals surface area contributed by atoms with Crippen LogP contribution in [0.25, 0.3) is 0 Å². The number of rotatable bonds is 0. The quantitative estimate of drug-likeness (QED) is 0.558. The molecule has 0 aromatic carbocycles. The number of pyridine rings is 2. The first-order valence-electron chi connectivity index (χ1n) is 7.06. The molecular formula is C17H27BrN2. The van der Waals surface area contributed by atoms with Crippen LogP contribution in [0.3, 0.4) is 0 Å². The van der Waals surface area contributed by atoms with E-state index >= 15 is 0 Å². The molecule has 112 valence electrons. The van der Waals surface area contributed by atoms with E-state index in [1.54, 1.807) is 0 Å². The summed E-state index contributed by atoms with van der Waals surface area (Å²) in [5.41, 5.74) is 3.40. The van der Waals surface area contributed by atoms with Crippen LogP contribution in [0.4, 0.5) is 0 Å². The molecule has 0 aliphatic rings. The van der Waals surface area contributed by atoms with Gasteiger partial charge in [-0.25, -0.2) is 4.98 Å². The van der Waals surface area contributed by atoms with Gasteiger partial charge in [-0.2, -0.15) is 0 Å². The van der Waals surface area contributed by atoms with Gasteiger partial charge in [0.15, 0.2) is 0 Å². The highest BCUT2D eigenvalue weighted by Crippen LogP contribution is 2.04. The van der Waals surface area contributed by atoms with E-state index in [-0.39, 0.29) is 0 Å². The SMILES string of the molecule is CC.CC.Cc1cccc(Br)n1.Cc1ccnc(C)c1. The molecule has 2 nitrogen and oxygen atoms in total. The van der Waals surface area contributed by atoms with Crippen LogP contribution in [0.1, 0.15) is 44.6 Å². The van der Waals surface area contributed by atoms with E-state index in [2.05, 4.69) is 38.9 Å². The van der Waals surface area contributed by atoms with Crippen molar-refractivity contribution in [2.75, 3.05) is 0 Å². The van der Waals surface area contributed by atoms with Gasteiger partial charge in [0.2, 0.25) is 0 Å². The zero-order valence-corrected chi connectivity index (χ0v) is 15.3. The summed E-state index contributed by atoms with van der Waals surface area (Å²) in [6, 6.07) is 9.89. The van der Waals surface area contributed by atoms with Gasteiger partial charge in [0.25, 0.3) is 0 Å². The van der Waals surface area contributed by atoms with Gasteiger partial charge in [0.05, 0.1) is 0 Å². The minimum atomic E-state index is 0.900. The van der Waals surface area contributed by atoms with E-state index < -0.39 is 0 Å². The molecule has 0 amide bonds. The molecule has 3 heteroatoms. The highest BCUT2D eigenvalue weighted by Gasteiger charge is 1.84. The number of hydrogen-bond acceptors (Lipinski definition) is 2. The Bertz CT molecular complexity index is 378. The lowest BCUT2D eigenvalue weighted by Gasteiger charge is -1.90. The second kappa shape index (κ2) is 14.2. The summed E-state index contributed by atoms with van der Waals surface area (Å²) in [7, 11) is 0. The normalized spacial score (nSPS) is 8.00. The monoisotopic (exact) mass is 338 g/mol. The third-order valence-corrected chi connectivity index (χ3v) is 2.35. The Morgan fingerprint density at radius 3 is 1.75 bits per heavy atom. The lowest BCUT2D eigenvalue weighted by atomic mass is 10.3. The van der Waals surface area contributed by atoms with Crippen LogP contribution in [-0.4, -0.2) is 9.97 Å². The number of aryl methyl sites for hydroxylation is 3. The Balaban J connectivity index is 0. The van der Waals surface area contributed by atoms with Crippen LogP contribution in [0.5, 0.6) is 0 Å². The molecule has 20 heavy (non-hydrogen) atoms. The molecule has 0 aliphatic heterocycles. The van der Waals surface area contributed by atoms with E-state index in [1.165, 1.54) is 5.56 Å². The summed E-state index contributed by atoms with van der Waals surface area (Å²) in [4.78, 5) is 8.13.